The van der Waals surface area contributed by atoms with Crippen LogP contribution in [0.4, 0.5) is 9.80 Å². The van der Waals surface area contributed by atoms with Crippen LogP contribution < -0.4 is 16.8 Å². The van der Waals surface area contributed by atoms with Crippen molar-refractivity contribution >= 4 is 40.1 Å². The van der Waals surface area contributed by atoms with E-state index in [1.165, 1.54) is 23.1 Å². The molecule has 124 valence electrons. The number of aromatic nitrogens is 1. The Bertz CT molecular complexity index is 545. The largest absolute Gasteiger partial charge is 0.444 e. The van der Waals surface area contributed by atoms with Crippen LogP contribution in [-0.2, 0) is 4.74 Å². The monoisotopic (exact) mass is 346 g/mol. The minimum atomic E-state index is -0.804. The first-order valence-electron chi connectivity index (χ1n) is 6.74. The standard InChI is InChI=1S/C13H22N4O3S2/c1-7(5-6-13(2,3)20-11(15)19)16-10(18)8-9(14)22-12(17-8)21-4/h7H,5-6,14H2,1-4H3,(H2,15,19)(H,16,18). The Balaban J connectivity index is 2.54. The summed E-state index contributed by atoms with van der Waals surface area (Å²) in [6, 6.07) is -0.109. The SMILES string of the molecule is CSc1nc(C(=O)NC(C)CCC(C)(C)OC(N)=O)c(N)s1. The summed E-state index contributed by atoms with van der Waals surface area (Å²) < 4.78 is 5.76. The number of thiazole rings is 1. The summed E-state index contributed by atoms with van der Waals surface area (Å²) in [5.41, 5.74) is 10.4. The number of rotatable bonds is 7. The van der Waals surface area contributed by atoms with E-state index in [2.05, 4.69) is 10.3 Å². The van der Waals surface area contributed by atoms with Crippen molar-refractivity contribution in [2.45, 2.75) is 49.6 Å². The predicted molar refractivity (Wildman–Crippen MR) is 89.2 cm³/mol. The highest BCUT2D eigenvalue weighted by Gasteiger charge is 2.24. The molecule has 2 amide bonds. The van der Waals surface area contributed by atoms with E-state index in [1.807, 2.05) is 13.2 Å². The van der Waals surface area contributed by atoms with E-state index in [1.54, 1.807) is 13.8 Å². The van der Waals surface area contributed by atoms with Crippen LogP contribution in [0.15, 0.2) is 4.34 Å². The molecule has 5 N–H and O–H groups in total. The number of primary amides is 1. The molecule has 1 heterocycles. The molecule has 9 heteroatoms. The molecule has 0 aliphatic carbocycles. The third kappa shape index (κ3) is 5.72. The van der Waals surface area contributed by atoms with Crippen molar-refractivity contribution in [2.24, 2.45) is 5.73 Å². The number of hydrogen-bond acceptors (Lipinski definition) is 7. The lowest BCUT2D eigenvalue weighted by Crippen LogP contribution is -2.36. The second-order valence-corrected chi connectivity index (χ2v) is 7.57. The molecule has 0 radical (unpaired) electrons. The van der Waals surface area contributed by atoms with E-state index in [0.29, 0.717) is 17.8 Å². The highest BCUT2D eigenvalue weighted by molar-refractivity contribution is 8.00. The first-order valence-corrected chi connectivity index (χ1v) is 8.78. The Morgan fingerprint density at radius 3 is 2.64 bits per heavy atom. The second kappa shape index (κ2) is 7.68. The number of thioether (sulfide) groups is 1. The molecule has 1 aromatic heterocycles. The van der Waals surface area contributed by atoms with Gasteiger partial charge in [0.25, 0.3) is 5.91 Å². The maximum absolute atomic E-state index is 12.1. The van der Waals surface area contributed by atoms with Crippen LogP contribution in [0.5, 0.6) is 0 Å². The van der Waals surface area contributed by atoms with Crippen molar-refractivity contribution < 1.29 is 14.3 Å². The third-order valence-electron chi connectivity index (χ3n) is 2.96. The molecule has 0 spiro atoms. The van der Waals surface area contributed by atoms with E-state index >= 15 is 0 Å². The second-order valence-electron chi connectivity index (χ2n) is 5.49. The van der Waals surface area contributed by atoms with Crippen LogP contribution in [-0.4, -0.2) is 34.9 Å². The summed E-state index contributed by atoms with van der Waals surface area (Å²) in [5, 5.41) is 3.25. The predicted octanol–water partition coefficient (Wildman–Crippen LogP) is 2.22. The smallest absolute Gasteiger partial charge is 0.405 e. The van der Waals surface area contributed by atoms with Crippen molar-refractivity contribution in [2.75, 3.05) is 12.0 Å². The quantitative estimate of drug-likeness (QED) is 0.651. The highest BCUT2D eigenvalue weighted by atomic mass is 32.2. The number of nitrogens with one attached hydrogen (secondary N) is 1. The summed E-state index contributed by atoms with van der Waals surface area (Å²) in [7, 11) is 0. The molecule has 0 saturated carbocycles. The maximum atomic E-state index is 12.1. The lowest BCUT2D eigenvalue weighted by molar-refractivity contribution is 0.0356. The van der Waals surface area contributed by atoms with Crippen molar-refractivity contribution in [3.05, 3.63) is 5.69 Å². The van der Waals surface area contributed by atoms with Crippen LogP contribution in [0.1, 0.15) is 44.1 Å². The fourth-order valence-corrected chi connectivity index (χ4v) is 3.16. The molecule has 1 atom stereocenters. The number of ether oxygens (including phenoxy) is 1. The Kier molecular flexibility index (Phi) is 6.48. The molecule has 0 saturated heterocycles. The lowest BCUT2D eigenvalue weighted by atomic mass is 9.99. The molecule has 22 heavy (non-hydrogen) atoms. The van der Waals surface area contributed by atoms with Gasteiger partial charge in [-0.05, 0) is 39.9 Å². The number of anilines is 1. The fourth-order valence-electron chi connectivity index (χ4n) is 1.81. The average molecular weight is 346 g/mol. The van der Waals surface area contributed by atoms with Gasteiger partial charge in [-0.3, -0.25) is 4.79 Å². The van der Waals surface area contributed by atoms with Gasteiger partial charge in [-0.25, -0.2) is 9.78 Å². The molecule has 0 bridgehead atoms. The Morgan fingerprint density at radius 1 is 1.50 bits per heavy atom. The highest BCUT2D eigenvalue weighted by Crippen LogP contribution is 2.27. The average Bonchev–Trinajstić information content (AvgIpc) is 2.76. The van der Waals surface area contributed by atoms with E-state index < -0.39 is 11.7 Å². The van der Waals surface area contributed by atoms with Gasteiger partial charge >= 0.3 is 6.09 Å². The van der Waals surface area contributed by atoms with Gasteiger partial charge in [0.2, 0.25) is 0 Å². The first-order chi connectivity index (χ1) is 10.1. The number of amides is 2. The summed E-state index contributed by atoms with van der Waals surface area (Å²) in [6.07, 6.45) is 2.27. The molecule has 0 aromatic carbocycles. The van der Waals surface area contributed by atoms with Gasteiger partial charge in [0.05, 0.1) is 0 Å². The van der Waals surface area contributed by atoms with Gasteiger partial charge in [0.1, 0.15) is 10.6 Å². The summed E-state index contributed by atoms with van der Waals surface area (Å²) in [6.45, 7) is 5.42. The zero-order valence-corrected chi connectivity index (χ0v) is 14.8. The lowest BCUT2D eigenvalue weighted by Gasteiger charge is -2.25. The van der Waals surface area contributed by atoms with E-state index in [-0.39, 0.29) is 17.6 Å². The van der Waals surface area contributed by atoms with Crippen molar-refractivity contribution in [1.29, 1.82) is 0 Å². The third-order valence-corrected chi connectivity index (χ3v) is 4.83. The zero-order valence-electron chi connectivity index (χ0n) is 13.1. The Labute approximate surface area is 138 Å². The molecule has 7 nitrogen and oxygen atoms in total. The Morgan fingerprint density at radius 2 is 2.14 bits per heavy atom. The van der Waals surface area contributed by atoms with Crippen LogP contribution in [0.2, 0.25) is 0 Å². The molecular weight excluding hydrogens is 324 g/mol. The molecule has 0 fully saturated rings. The minimum absolute atomic E-state index is 0.109. The van der Waals surface area contributed by atoms with Gasteiger partial charge in [0.15, 0.2) is 10.0 Å². The number of nitrogens with two attached hydrogens (primary N) is 2. The Hall–Kier alpha value is -1.48. The van der Waals surface area contributed by atoms with Gasteiger partial charge in [0, 0.05) is 6.04 Å². The normalized spacial score (nSPS) is 12.7. The fraction of sp³-hybridized carbons (Fsp3) is 0.615. The zero-order chi connectivity index (χ0) is 16.9. The van der Waals surface area contributed by atoms with E-state index in [9.17, 15) is 9.59 Å². The summed E-state index contributed by atoms with van der Waals surface area (Å²) in [4.78, 5) is 27.1. The van der Waals surface area contributed by atoms with Gasteiger partial charge in [-0.15, -0.1) is 0 Å². The molecule has 0 aliphatic rings. The van der Waals surface area contributed by atoms with Crippen molar-refractivity contribution in [1.82, 2.24) is 10.3 Å². The summed E-state index contributed by atoms with van der Waals surface area (Å²) >= 11 is 2.74. The van der Waals surface area contributed by atoms with Gasteiger partial charge in [-0.2, -0.15) is 0 Å². The molecule has 1 unspecified atom stereocenters. The van der Waals surface area contributed by atoms with Gasteiger partial charge < -0.3 is 21.5 Å². The van der Waals surface area contributed by atoms with Crippen LogP contribution in [0.25, 0.3) is 0 Å². The number of carbonyl (C=O) groups is 2. The molecule has 0 aliphatic heterocycles. The van der Waals surface area contributed by atoms with Crippen LogP contribution in [0.3, 0.4) is 0 Å². The van der Waals surface area contributed by atoms with Crippen molar-refractivity contribution in [3.8, 4) is 0 Å². The van der Waals surface area contributed by atoms with Crippen molar-refractivity contribution in [3.63, 3.8) is 0 Å². The van der Waals surface area contributed by atoms with Gasteiger partial charge in [-0.1, -0.05) is 23.1 Å². The summed E-state index contributed by atoms with van der Waals surface area (Å²) in [5.74, 6) is -0.296. The van der Waals surface area contributed by atoms with E-state index in [4.69, 9.17) is 16.2 Å². The molecule has 1 aromatic rings. The number of carbonyl (C=O) groups excluding carboxylic acids is 2. The molecule has 1 rings (SSSR count). The maximum Gasteiger partial charge on any atom is 0.405 e. The van der Waals surface area contributed by atoms with Crippen LogP contribution in [0, 0.1) is 0 Å². The number of nitrogens with zero attached hydrogens (tertiary/aromatic N) is 1. The molecular formula is C13H22N4O3S2. The minimum Gasteiger partial charge on any atom is -0.444 e. The first kappa shape index (κ1) is 18.6. The number of hydrogen-bond donors (Lipinski definition) is 3. The number of nitrogen functional groups attached to an aromatic ring is 1. The van der Waals surface area contributed by atoms with E-state index in [0.717, 1.165) is 4.34 Å². The topological polar surface area (TPSA) is 120 Å². The van der Waals surface area contributed by atoms with Crippen LogP contribution >= 0.6 is 23.1 Å².